The van der Waals surface area contributed by atoms with Gasteiger partial charge in [0.1, 0.15) is 11.8 Å². The first kappa shape index (κ1) is 23.4. The molecule has 7 heteroatoms. The second-order valence-corrected chi connectivity index (χ2v) is 8.70. The molecule has 1 saturated carbocycles. The fourth-order valence-electron chi connectivity index (χ4n) is 3.78. The van der Waals surface area contributed by atoms with Crippen molar-refractivity contribution in [3.8, 4) is 5.75 Å². The van der Waals surface area contributed by atoms with E-state index in [0.717, 1.165) is 31.2 Å². The van der Waals surface area contributed by atoms with Gasteiger partial charge in [0.2, 0.25) is 5.91 Å². The van der Waals surface area contributed by atoms with Gasteiger partial charge in [-0.15, -0.1) is 0 Å². The third kappa shape index (κ3) is 6.88. The number of amides is 2. The third-order valence-electron chi connectivity index (χ3n) is 5.60. The minimum atomic E-state index is -0.596. The number of rotatable bonds is 9. The smallest absolute Gasteiger partial charge is 0.261 e. The summed E-state index contributed by atoms with van der Waals surface area (Å²) in [6, 6.07) is 14.3. The van der Waals surface area contributed by atoms with Crippen LogP contribution in [0.5, 0.6) is 5.75 Å². The van der Waals surface area contributed by atoms with Crippen LogP contribution in [0, 0.1) is 0 Å². The Kier molecular flexibility index (Phi) is 8.61. The number of hydrogen-bond donors (Lipinski definition) is 1. The van der Waals surface area contributed by atoms with Gasteiger partial charge in [0, 0.05) is 17.6 Å². The first-order valence-electron chi connectivity index (χ1n) is 10.7. The van der Waals surface area contributed by atoms with Crippen LogP contribution in [0.15, 0.2) is 48.5 Å². The van der Waals surface area contributed by atoms with Crippen molar-refractivity contribution in [3.63, 3.8) is 0 Å². The van der Waals surface area contributed by atoms with Gasteiger partial charge in [0.05, 0.1) is 5.02 Å². The summed E-state index contributed by atoms with van der Waals surface area (Å²) in [6.07, 6.45) is 4.90. The molecule has 1 N–H and O–H groups in total. The molecule has 3 rings (SSSR count). The molecular formula is C24H28Cl2N2O3. The summed E-state index contributed by atoms with van der Waals surface area (Å²) in [5.74, 6) is -0.0145. The van der Waals surface area contributed by atoms with Crippen molar-refractivity contribution >= 4 is 35.0 Å². The topological polar surface area (TPSA) is 58.6 Å². The SMILES string of the molecule is C[C@H](C(=O)NC1CCCC1)N(CCc1ccccc1)C(=O)COc1ccc(Cl)cc1Cl. The van der Waals surface area contributed by atoms with E-state index < -0.39 is 6.04 Å². The molecule has 5 nitrogen and oxygen atoms in total. The first-order chi connectivity index (χ1) is 14.9. The molecular weight excluding hydrogens is 435 g/mol. The summed E-state index contributed by atoms with van der Waals surface area (Å²) < 4.78 is 5.64. The van der Waals surface area contributed by atoms with E-state index in [9.17, 15) is 9.59 Å². The van der Waals surface area contributed by atoms with Gasteiger partial charge in [-0.1, -0.05) is 66.4 Å². The van der Waals surface area contributed by atoms with Crippen LogP contribution in [0.25, 0.3) is 0 Å². The van der Waals surface area contributed by atoms with Gasteiger partial charge in [-0.2, -0.15) is 0 Å². The molecule has 0 unspecified atom stereocenters. The number of ether oxygens (including phenoxy) is 1. The van der Waals surface area contributed by atoms with Crippen LogP contribution in [0.4, 0.5) is 0 Å². The van der Waals surface area contributed by atoms with Crippen LogP contribution < -0.4 is 10.1 Å². The first-order valence-corrected chi connectivity index (χ1v) is 11.4. The molecule has 0 saturated heterocycles. The maximum atomic E-state index is 13.1. The Hall–Kier alpha value is -2.24. The Balaban J connectivity index is 1.66. The molecule has 0 aliphatic heterocycles. The number of halogens is 2. The highest BCUT2D eigenvalue weighted by atomic mass is 35.5. The van der Waals surface area contributed by atoms with Gasteiger partial charge in [-0.05, 0) is 49.9 Å². The summed E-state index contributed by atoms with van der Waals surface area (Å²) in [5, 5.41) is 3.92. The lowest BCUT2D eigenvalue weighted by Gasteiger charge is -2.29. The Morgan fingerprint density at radius 3 is 2.52 bits per heavy atom. The fourth-order valence-corrected chi connectivity index (χ4v) is 4.24. The number of nitrogens with zero attached hydrogens (tertiary/aromatic N) is 1. The van der Waals surface area contributed by atoms with Crippen molar-refractivity contribution in [3.05, 3.63) is 64.1 Å². The van der Waals surface area contributed by atoms with E-state index in [1.165, 1.54) is 0 Å². The Morgan fingerprint density at radius 1 is 1.13 bits per heavy atom. The van der Waals surface area contributed by atoms with Crippen LogP contribution in [0.3, 0.4) is 0 Å². The maximum absolute atomic E-state index is 13.1. The van der Waals surface area contributed by atoms with Gasteiger partial charge in [-0.3, -0.25) is 9.59 Å². The Morgan fingerprint density at radius 2 is 1.84 bits per heavy atom. The van der Waals surface area contributed by atoms with Crippen molar-refractivity contribution in [2.75, 3.05) is 13.2 Å². The highest BCUT2D eigenvalue weighted by molar-refractivity contribution is 6.35. The van der Waals surface area contributed by atoms with Gasteiger partial charge >= 0.3 is 0 Å². The highest BCUT2D eigenvalue weighted by Crippen LogP contribution is 2.27. The summed E-state index contributed by atoms with van der Waals surface area (Å²) in [5.41, 5.74) is 1.10. The second kappa shape index (κ2) is 11.4. The summed E-state index contributed by atoms with van der Waals surface area (Å²) in [6.45, 7) is 1.97. The molecule has 0 aromatic heterocycles. The molecule has 1 aliphatic carbocycles. The number of carbonyl (C=O) groups excluding carboxylic acids is 2. The second-order valence-electron chi connectivity index (χ2n) is 7.85. The highest BCUT2D eigenvalue weighted by Gasteiger charge is 2.28. The monoisotopic (exact) mass is 462 g/mol. The van der Waals surface area contributed by atoms with E-state index in [2.05, 4.69) is 5.32 Å². The van der Waals surface area contributed by atoms with Crippen molar-refractivity contribution in [1.29, 1.82) is 0 Å². The Bertz CT molecular complexity index is 886. The van der Waals surface area contributed by atoms with Crippen LogP contribution >= 0.6 is 23.2 Å². The largest absolute Gasteiger partial charge is 0.482 e. The van der Waals surface area contributed by atoms with Gasteiger partial charge in [-0.25, -0.2) is 0 Å². The van der Waals surface area contributed by atoms with E-state index in [-0.39, 0.29) is 24.5 Å². The fraction of sp³-hybridized carbons (Fsp3) is 0.417. The molecule has 1 atom stereocenters. The quantitative estimate of drug-likeness (QED) is 0.576. The molecule has 0 spiro atoms. The predicted octanol–water partition coefficient (Wildman–Crippen LogP) is 4.89. The van der Waals surface area contributed by atoms with Crippen LogP contribution in [-0.4, -0.2) is 41.9 Å². The molecule has 1 aliphatic rings. The summed E-state index contributed by atoms with van der Waals surface area (Å²) >= 11 is 12.1. The number of carbonyl (C=O) groups is 2. The van der Waals surface area contributed by atoms with Crippen LogP contribution in [0.2, 0.25) is 10.0 Å². The molecule has 2 amide bonds. The van der Waals surface area contributed by atoms with Crippen molar-refractivity contribution < 1.29 is 14.3 Å². The predicted molar refractivity (Wildman–Crippen MR) is 124 cm³/mol. The zero-order chi connectivity index (χ0) is 22.2. The normalized spacial score (nSPS) is 14.8. The average molecular weight is 463 g/mol. The lowest BCUT2D eigenvalue weighted by Crippen LogP contribution is -2.51. The molecule has 31 heavy (non-hydrogen) atoms. The lowest BCUT2D eigenvalue weighted by molar-refractivity contribution is -0.141. The molecule has 2 aromatic rings. The van der Waals surface area contributed by atoms with Crippen molar-refractivity contribution in [2.24, 2.45) is 0 Å². The zero-order valence-corrected chi connectivity index (χ0v) is 19.2. The standard InChI is InChI=1S/C24H28Cl2N2O3/c1-17(24(30)27-20-9-5-6-10-20)28(14-13-18-7-3-2-4-8-18)23(29)16-31-22-12-11-19(25)15-21(22)26/h2-4,7-8,11-12,15,17,20H,5-6,9-10,13-14,16H2,1H3,(H,27,30)/t17-/m1/s1. The van der Waals surface area contributed by atoms with Crippen LogP contribution in [0.1, 0.15) is 38.2 Å². The van der Waals surface area contributed by atoms with E-state index in [4.69, 9.17) is 27.9 Å². The zero-order valence-electron chi connectivity index (χ0n) is 17.7. The molecule has 166 valence electrons. The van der Waals surface area contributed by atoms with E-state index in [0.29, 0.717) is 28.8 Å². The molecule has 0 heterocycles. The van der Waals surface area contributed by atoms with Gasteiger partial charge in [0.15, 0.2) is 6.61 Å². The summed E-state index contributed by atoms with van der Waals surface area (Å²) in [7, 11) is 0. The van der Waals surface area contributed by atoms with E-state index >= 15 is 0 Å². The molecule has 2 aromatic carbocycles. The van der Waals surface area contributed by atoms with Crippen molar-refractivity contribution in [2.45, 2.75) is 51.1 Å². The number of nitrogens with one attached hydrogen (secondary N) is 1. The Labute approximate surface area is 193 Å². The van der Waals surface area contributed by atoms with E-state index in [1.54, 1.807) is 30.0 Å². The van der Waals surface area contributed by atoms with Gasteiger partial charge in [0.25, 0.3) is 5.91 Å². The third-order valence-corrected chi connectivity index (χ3v) is 6.13. The van der Waals surface area contributed by atoms with Crippen LogP contribution in [-0.2, 0) is 16.0 Å². The molecule has 1 fully saturated rings. The lowest BCUT2D eigenvalue weighted by atomic mass is 10.1. The average Bonchev–Trinajstić information content (AvgIpc) is 3.27. The minimum Gasteiger partial charge on any atom is -0.482 e. The molecule has 0 radical (unpaired) electrons. The maximum Gasteiger partial charge on any atom is 0.261 e. The van der Waals surface area contributed by atoms with E-state index in [1.807, 2.05) is 30.3 Å². The number of hydrogen-bond acceptors (Lipinski definition) is 3. The van der Waals surface area contributed by atoms with Gasteiger partial charge < -0.3 is 15.0 Å². The number of benzene rings is 2. The van der Waals surface area contributed by atoms with Crippen molar-refractivity contribution in [1.82, 2.24) is 10.2 Å². The summed E-state index contributed by atoms with van der Waals surface area (Å²) in [4.78, 5) is 27.5. The molecule has 0 bridgehead atoms. The minimum absolute atomic E-state index is 0.127.